The van der Waals surface area contributed by atoms with Crippen molar-refractivity contribution in [3.8, 4) is 5.75 Å². The van der Waals surface area contributed by atoms with Gasteiger partial charge in [0.2, 0.25) is 0 Å². The predicted molar refractivity (Wildman–Crippen MR) is 138 cm³/mol. The highest BCUT2D eigenvalue weighted by atomic mass is 16.7. The molecule has 7 nitrogen and oxygen atoms in total. The summed E-state index contributed by atoms with van der Waals surface area (Å²) in [5, 5.41) is 5.08. The summed E-state index contributed by atoms with van der Waals surface area (Å²) in [5.74, 6) is 0.370. The quantitative estimate of drug-likeness (QED) is 0.622. The predicted octanol–water partition coefficient (Wildman–Crippen LogP) is 4.69. The van der Waals surface area contributed by atoms with E-state index >= 15 is 0 Å². The Morgan fingerprint density at radius 2 is 1.89 bits per heavy atom. The van der Waals surface area contributed by atoms with Crippen LogP contribution in [-0.4, -0.2) is 62.4 Å². The second kappa shape index (κ2) is 10.8. The van der Waals surface area contributed by atoms with Crippen LogP contribution in [0.4, 0.5) is 5.69 Å². The van der Waals surface area contributed by atoms with Crippen molar-refractivity contribution in [3.05, 3.63) is 71.0 Å². The molecule has 0 aliphatic carbocycles. The van der Waals surface area contributed by atoms with E-state index in [0.717, 1.165) is 61.8 Å². The SMILES string of the molecule is COc1ccc(C(C)(C)C)cc1C(=O)Nc1ccc(C)c(C2C=CON2CCN2CCOCC2)c1. The first kappa shape index (κ1) is 25.2. The monoisotopic (exact) mass is 479 g/mol. The van der Waals surface area contributed by atoms with Crippen molar-refractivity contribution in [3.63, 3.8) is 0 Å². The number of hydrogen-bond acceptors (Lipinski definition) is 6. The summed E-state index contributed by atoms with van der Waals surface area (Å²) < 4.78 is 10.9. The Morgan fingerprint density at radius 1 is 1.11 bits per heavy atom. The highest BCUT2D eigenvalue weighted by Gasteiger charge is 2.26. The number of rotatable bonds is 7. The van der Waals surface area contributed by atoms with Gasteiger partial charge in [0.05, 0.1) is 31.9 Å². The van der Waals surface area contributed by atoms with Crippen molar-refractivity contribution in [1.29, 1.82) is 0 Å². The van der Waals surface area contributed by atoms with E-state index in [1.807, 2.05) is 41.5 Å². The van der Waals surface area contributed by atoms with Crippen molar-refractivity contribution in [2.75, 3.05) is 51.8 Å². The van der Waals surface area contributed by atoms with Gasteiger partial charge >= 0.3 is 0 Å². The Labute approximate surface area is 208 Å². The molecule has 2 aromatic rings. The van der Waals surface area contributed by atoms with Gasteiger partial charge in [-0.2, -0.15) is 0 Å². The van der Waals surface area contributed by atoms with Gasteiger partial charge in [-0.3, -0.25) is 9.69 Å². The summed E-state index contributed by atoms with van der Waals surface area (Å²) in [7, 11) is 1.59. The lowest BCUT2D eigenvalue weighted by molar-refractivity contribution is -0.111. The fourth-order valence-electron chi connectivity index (χ4n) is 4.45. The summed E-state index contributed by atoms with van der Waals surface area (Å²) in [4.78, 5) is 21.5. The number of hydrogen-bond donors (Lipinski definition) is 1. The van der Waals surface area contributed by atoms with Crippen LogP contribution < -0.4 is 10.1 Å². The van der Waals surface area contributed by atoms with Crippen LogP contribution in [0.2, 0.25) is 0 Å². The van der Waals surface area contributed by atoms with E-state index in [1.165, 1.54) is 0 Å². The number of carbonyl (C=O) groups is 1. The summed E-state index contributed by atoms with van der Waals surface area (Å²) in [6.45, 7) is 13.6. The fraction of sp³-hybridized carbons (Fsp3) is 0.464. The van der Waals surface area contributed by atoms with Crippen LogP contribution in [0, 0.1) is 6.92 Å². The molecule has 0 saturated carbocycles. The third-order valence-corrected chi connectivity index (χ3v) is 6.67. The van der Waals surface area contributed by atoms with E-state index in [2.05, 4.69) is 44.0 Å². The van der Waals surface area contributed by atoms with Gasteiger partial charge in [0, 0.05) is 31.9 Å². The standard InChI is InChI=1S/C28H37N3O4/c1-20-6-8-22(29-27(32)24-18-21(28(2,3)4)7-9-26(24)33-5)19-23(20)25-10-15-35-31(25)12-11-30-13-16-34-17-14-30/h6-10,15,18-19,25H,11-14,16-17H2,1-5H3,(H,29,32). The minimum absolute atomic E-state index is 0.00773. The first-order valence-electron chi connectivity index (χ1n) is 12.3. The van der Waals surface area contributed by atoms with Gasteiger partial charge in [-0.15, -0.1) is 5.06 Å². The highest BCUT2D eigenvalue weighted by Crippen LogP contribution is 2.33. The molecule has 1 amide bonds. The molecule has 7 heteroatoms. The van der Waals surface area contributed by atoms with Gasteiger partial charge in [-0.1, -0.05) is 32.9 Å². The lowest BCUT2D eigenvalue weighted by atomic mass is 9.86. The van der Waals surface area contributed by atoms with E-state index in [4.69, 9.17) is 14.3 Å². The fourth-order valence-corrected chi connectivity index (χ4v) is 4.45. The topological polar surface area (TPSA) is 63.3 Å². The number of methoxy groups -OCH3 is 1. The minimum atomic E-state index is -0.190. The molecule has 2 heterocycles. The zero-order valence-corrected chi connectivity index (χ0v) is 21.5. The van der Waals surface area contributed by atoms with Gasteiger partial charge < -0.3 is 19.6 Å². The van der Waals surface area contributed by atoms with Crippen molar-refractivity contribution in [2.24, 2.45) is 0 Å². The first-order chi connectivity index (χ1) is 16.8. The molecule has 0 bridgehead atoms. The van der Waals surface area contributed by atoms with Gasteiger partial charge in [0.25, 0.3) is 5.91 Å². The van der Waals surface area contributed by atoms with Crippen LogP contribution in [-0.2, 0) is 15.0 Å². The minimum Gasteiger partial charge on any atom is -0.496 e. The molecule has 2 aliphatic rings. The van der Waals surface area contributed by atoms with Crippen LogP contribution in [0.1, 0.15) is 53.9 Å². The number of aryl methyl sites for hydroxylation is 1. The summed E-state index contributed by atoms with van der Waals surface area (Å²) in [6.07, 6.45) is 3.81. The lowest BCUT2D eigenvalue weighted by Crippen LogP contribution is -2.41. The van der Waals surface area contributed by atoms with Crippen LogP contribution in [0.25, 0.3) is 0 Å². The number of nitrogens with zero attached hydrogens (tertiary/aromatic N) is 2. The number of morpholine rings is 1. The maximum Gasteiger partial charge on any atom is 0.259 e. The molecule has 4 rings (SSSR count). The van der Waals surface area contributed by atoms with E-state index < -0.39 is 0 Å². The number of anilines is 1. The molecule has 1 saturated heterocycles. The molecule has 1 fully saturated rings. The van der Waals surface area contributed by atoms with Gasteiger partial charge in [-0.05, 0) is 59.4 Å². The molecule has 1 atom stereocenters. The Bertz CT molecular complexity index is 1070. The molecular formula is C28H37N3O4. The number of hydroxylamine groups is 2. The molecule has 0 spiro atoms. The zero-order valence-electron chi connectivity index (χ0n) is 21.5. The second-order valence-electron chi connectivity index (χ2n) is 10.2. The molecule has 188 valence electrons. The Kier molecular flexibility index (Phi) is 7.79. The lowest BCUT2D eigenvalue weighted by Gasteiger charge is -2.30. The Hall–Kier alpha value is -2.87. The van der Waals surface area contributed by atoms with E-state index in [0.29, 0.717) is 11.3 Å². The van der Waals surface area contributed by atoms with Gasteiger partial charge in [0.15, 0.2) is 0 Å². The third kappa shape index (κ3) is 6.04. The first-order valence-corrected chi connectivity index (χ1v) is 12.3. The van der Waals surface area contributed by atoms with Crippen LogP contribution in [0.5, 0.6) is 5.75 Å². The molecular weight excluding hydrogens is 442 g/mol. The van der Waals surface area contributed by atoms with E-state index in [-0.39, 0.29) is 17.4 Å². The Morgan fingerprint density at radius 3 is 2.60 bits per heavy atom. The van der Waals surface area contributed by atoms with Crippen LogP contribution >= 0.6 is 0 Å². The molecule has 1 unspecified atom stereocenters. The largest absolute Gasteiger partial charge is 0.496 e. The van der Waals surface area contributed by atoms with Crippen molar-refractivity contribution < 1.29 is 19.1 Å². The molecule has 0 radical (unpaired) electrons. The summed E-state index contributed by atoms with van der Waals surface area (Å²) in [5.41, 5.74) is 4.53. The molecule has 0 aromatic heterocycles. The van der Waals surface area contributed by atoms with Crippen molar-refractivity contribution in [1.82, 2.24) is 9.96 Å². The number of amides is 1. The maximum atomic E-state index is 13.3. The average molecular weight is 480 g/mol. The van der Waals surface area contributed by atoms with E-state index in [1.54, 1.807) is 13.4 Å². The van der Waals surface area contributed by atoms with Crippen molar-refractivity contribution >= 4 is 11.6 Å². The van der Waals surface area contributed by atoms with Gasteiger partial charge in [-0.25, -0.2) is 0 Å². The number of carbonyl (C=O) groups excluding carboxylic acids is 1. The van der Waals surface area contributed by atoms with Crippen LogP contribution in [0.3, 0.4) is 0 Å². The number of benzene rings is 2. The number of ether oxygens (including phenoxy) is 2. The zero-order chi connectivity index (χ0) is 25.0. The average Bonchev–Trinajstić information content (AvgIpc) is 3.32. The second-order valence-corrected chi connectivity index (χ2v) is 10.2. The Balaban J connectivity index is 1.50. The summed E-state index contributed by atoms with van der Waals surface area (Å²) >= 11 is 0. The van der Waals surface area contributed by atoms with Crippen molar-refractivity contribution in [2.45, 2.75) is 39.2 Å². The van der Waals surface area contributed by atoms with Crippen LogP contribution in [0.15, 0.2) is 48.7 Å². The number of nitrogens with one attached hydrogen (secondary N) is 1. The molecule has 1 N–H and O–H groups in total. The smallest absolute Gasteiger partial charge is 0.259 e. The molecule has 2 aliphatic heterocycles. The maximum absolute atomic E-state index is 13.3. The highest BCUT2D eigenvalue weighted by molar-refractivity contribution is 6.06. The van der Waals surface area contributed by atoms with Gasteiger partial charge in [0.1, 0.15) is 12.0 Å². The third-order valence-electron chi connectivity index (χ3n) is 6.67. The molecule has 35 heavy (non-hydrogen) atoms. The molecule has 2 aromatic carbocycles. The normalized spacial score (nSPS) is 18.9. The summed E-state index contributed by atoms with van der Waals surface area (Å²) in [6, 6.07) is 11.8. The van der Waals surface area contributed by atoms with E-state index in [9.17, 15) is 4.79 Å².